The van der Waals surface area contributed by atoms with E-state index in [1.807, 2.05) is 49.5 Å². The van der Waals surface area contributed by atoms with Gasteiger partial charge in [0.15, 0.2) is 0 Å². The summed E-state index contributed by atoms with van der Waals surface area (Å²) in [4.78, 5) is 14.3. The van der Waals surface area contributed by atoms with Crippen LogP contribution in [0, 0.1) is 0 Å². The lowest BCUT2D eigenvalue weighted by atomic mass is 9.84. The average Bonchev–Trinajstić information content (AvgIpc) is 2.62. The van der Waals surface area contributed by atoms with E-state index in [4.69, 9.17) is 0 Å². The van der Waals surface area contributed by atoms with Crippen LogP contribution in [0.25, 0.3) is 0 Å². The van der Waals surface area contributed by atoms with E-state index in [1.54, 1.807) is 4.90 Å². The highest BCUT2D eigenvalue weighted by Gasteiger charge is 2.17. The zero-order valence-electron chi connectivity index (χ0n) is 13.2. The van der Waals surface area contributed by atoms with Gasteiger partial charge in [-0.1, -0.05) is 49.6 Å². The number of benzene rings is 2. The van der Waals surface area contributed by atoms with Crippen molar-refractivity contribution < 1.29 is 4.79 Å². The molecule has 22 heavy (non-hydrogen) atoms. The molecule has 1 aliphatic carbocycles. The SMILES string of the molecule is CN(C(=O)c1ccc(C2CCCCC2)cc1)c1ccccc1. The number of amides is 1. The third-order valence-electron chi connectivity index (χ3n) is 4.68. The number of hydrogen-bond donors (Lipinski definition) is 0. The fourth-order valence-electron chi connectivity index (χ4n) is 3.30. The third kappa shape index (κ3) is 3.22. The second-order valence-corrected chi connectivity index (χ2v) is 6.16. The van der Waals surface area contributed by atoms with Crippen molar-refractivity contribution in [1.29, 1.82) is 0 Å². The number of anilines is 1. The molecule has 114 valence electrons. The van der Waals surface area contributed by atoms with Crippen LogP contribution in [0.15, 0.2) is 54.6 Å². The molecule has 0 atom stereocenters. The smallest absolute Gasteiger partial charge is 0.258 e. The fourth-order valence-corrected chi connectivity index (χ4v) is 3.30. The van der Waals surface area contributed by atoms with Crippen LogP contribution in [0.1, 0.15) is 53.9 Å². The molecule has 0 radical (unpaired) electrons. The molecule has 1 saturated carbocycles. The van der Waals surface area contributed by atoms with Crippen LogP contribution in [0.2, 0.25) is 0 Å². The van der Waals surface area contributed by atoms with Crippen LogP contribution in [-0.4, -0.2) is 13.0 Å². The number of hydrogen-bond acceptors (Lipinski definition) is 1. The molecule has 2 aromatic rings. The summed E-state index contributed by atoms with van der Waals surface area (Å²) in [5, 5.41) is 0. The summed E-state index contributed by atoms with van der Waals surface area (Å²) in [5.41, 5.74) is 3.06. The Balaban J connectivity index is 1.73. The molecule has 1 fully saturated rings. The van der Waals surface area contributed by atoms with Crippen molar-refractivity contribution in [3.8, 4) is 0 Å². The molecule has 0 bridgehead atoms. The van der Waals surface area contributed by atoms with Gasteiger partial charge in [0, 0.05) is 18.3 Å². The molecular weight excluding hydrogens is 270 g/mol. The number of para-hydroxylation sites is 1. The van der Waals surface area contributed by atoms with Gasteiger partial charge in [0.05, 0.1) is 0 Å². The maximum atomic E-state index is 12.6. The Morgan fingerprint density at radius 2 is 1.55 bits per heavy atom. The van der Waals surface area contributed by atoms with Crippen LogP contribution in [0.3, 0.4) is 0 Å². The molecule has 3 rings (SSSR count). The summed E-state index contributed by atoms with van der Waals surface area (Å²) in [6.07, 6.45) is 6.62. The number of rotatable bonds is 3. The van der Waals surface area contributed by atoms with Gasteiger partial charge in [0.25, 0.3) is 5.91 Å². The average molecular weight is 293 g/mol. The number of nitrogens with zero attached hydrogens (tertiary/aromatic N) is 1. The van der Waals surface area contributed by atoms with Gasteiger partial charge in [-0.3, -0.25) is 4.79 Å². The zero-order valence-corrected chi connectivity index (χ0v) is 13.2. The van der Waals surface area contributed by atoms with Gasteiger partial charge in [-0.15, -0.1) is 0 Å². The molecule has 1 aliphatic rings. The maximum absolute atomic E-state index is 12.6. The fraction of sp³-hybridized carbons (Fsp3) is 0.350. The summed E-state index contributed by atoms with van der Waals surface area (Å²) in [7, 11) is 1.83. The monoisotopic (exact) mass is 293 g/mol. The highest BCUT2D eigenvalue weighted by molar-refractivity contribution is 6.05. The third-order valence-corrected chi connectivity index (χ3v) is 4.68. The van der Waals surface area contributed by atoms with Crippen molar-refractivity contribution in [2.45, 2.75) is 38.0 Å². The van der Waals surface area contributed by atoms with E-state index in [1.165, 1.54) is 37.7 Å². The summed E-state index contributed by atoms with van der Waals surface area (Å²) < 4.78 is 0. The van der Waals surface area contributed by atoms with Crippen molar-refractivity contribution in [3.05, 3.63) is 65.7 Å². The van der Waals surface area contributed by atoms with Crippen molar-refractivity contribution in [2.24, 2.45) is 0 Å². The second kappa shape index (κ2) is 6.78. The molecule has 0 unspecified atom stereocenters. The van der Waals surface area contributed by atoms with Gasteiger partial charge in [-0.25, -0.2) is 0 Å². The van der Waals surface area contributed by atoms with Gasteiger partial charge in [0.1, 0.15) is 0 Å². The first-order chi connectivity index (χ1) is 10.8. The van der Waals surface area contributed by atoms with Crippen molar-refractivity contribution in [2.75, 3.05) is 11.9 Å². The first-order valence-electron chi connectivity index (χ1n) is 8.19. The van der Waals surface area contributed by atoms with Crippen molar-refractivity contribution in [3.63, 3.8) is 0 Å². The highest BCUT2D eigenvalue weighted by Crippen LogP contribution is 2.32. The molecule has 0 aliphatic heterocycles. The van der Waals surface area contributed by atoms with E-state index in [2.05, 4.69) is 12.1 Å². The Kier molecular flexibility index (Phi) is 4.57. The van der Waals surface area contributed by atoms with Crippen LogP contribution in [0.5, 0.6) is 0 Å². The van der Waals surface area contributed by atoms with E-state index in [9.17, 15) is 4.79 Å². The Hall–Kier alpha value is -2.09. The molecule has 0 aromatic heterocycles. The first-order valence-corrected chi connectivity index (χ1v) is 8.19. The van der Waals surface area contributed by atoms with Gasteiger partial charge in [-0.2, -0.15) is 0 Å². The molecule has 0 spiro atoms. The quantitative estimate of drug-likeness (QED) is 0.779. The van der Waals surface area contributed by atoms with E-state index in [0.29, 0.717) is 5.92 Å². The summed E-state index contributed by atoms with van der Waals surface area (Å²) >= 11 is 0. The Morgan fingerprint density at radius 1 is 0.909 bits per heavy atom. The molecule has 2 heteroatoms. The van der Waals surface area contributed by atoms with Crippen LogP contribution >= 0.6 is 0 Å². The van der Waals surface area contributed by atoms with Crippen LogP contribution < -0.4 is 4.90 Å². The predicted molar refractivity (Wildman–Crippen MR) is 91.4 cm³/mol. The zero-order chi connectivity index (χ0) is 15.4. The summed E-state index contributed by atoms with van der Waals surface area (Å²) in [6.45, 7) is 0. The molecule has 2 nitrogen and oxygen atoms in total. The molecule has 0 N–H and O–H groups in total. The molecule has 0 saturated heterocycles. The second-order valence-electron chi connectivity index (χ2n) is 6.16. The Morgan fingerprint density at radius 3 is 2.18 bits per heavy atom. The van der Waals surface area contributed by atoms with Crippen molar-refractivity contribution in [1.82, 2.24) is 0 Å². The minimum atomic E-state index is 0.0430. The highest BCUT2D eigenvalue weighted by atomic mass is 16.2. The molecule has 1 amide bonds. The number of carbonyl (C=O) groups is 1. The molecule has 0 heterocycles. The summed E-state index contributed by atoms with van der Waals surface area (Å²) in [6, 6.07) is 18.0. The molecular formula is C20H23NO. The van der Waals surface area contributed by atoms with Crippen LogP contribution in [-0.2, 0) is 0 Å². The number of carbonyl (C=O) groups excluding carboxylic acids is 1. The van der Waals surface area contributed by atoms with E-state index in [0.717, 1.165) is 11.3 Å². The van der Waals surface area contributed by atoms with Crippen LogP contribution in [0.4, 0.5) is 5.69 Å². The lowest BCUT2D eigenvalue weighted by Gasteiger charge is -2.22. The minimum Gasteiger partial charge on any atom is -0.311 e. The van der Waals surface area contributed by atoms with Gasteiger partial charge < -0.3 is 4.90 Å². The van der Waals surface area contributed by atoms with E-state index in [-0.39, 0.29) is 5.91 Å². The van der Waals surface area contributed by atoms with Gasteiger partial charge in [-0.05, 0) is 48.6 Å². The predicted octanol–water partition coefficient (Wildman–Crippen LogP) is 5.01. The lowest BCUT2D eigenvalue weighted by molar-refractivity contribution is 0.0993. The minimum absolute atomic E-state index is 0.0430. The Bertz CT molecular complexity index is 612. The van der Waals surface area contributed by atoms with Gasteiger partial charge >= 0.3 is 0 Å². The summed E-state index contributed by atoms with van der Waals surface area (Å²) in [5.74, 6) is 0.728. The Labute approximate surface area is 132 Å². The molecule has 2 aromatic carbocycles. The van der Waals surface area contributed by atoms with E-state index >= 15 is 0 Å². The topological polar surface area (TPSA) is 20.3 Å². The standard InChI is InChI=1S/C20H23NO/c1-21(19-10-6-3-7-11-19)20(22)18-14-12-17(13-15-18)16-8-4-2-5-9-16/h3,6-7,10-16H,2,4-5,8-9H2,1H3. The van der Waals surface area contributed by atoms with E-state index < -0.39 is 0 Å². The largest absolute Gasteiger partial charge is 0.311 e. The maximum Gasteiger partial charge on any atom is 0.258 e. The first kappa shape index (κ1) is 14.8. The lowest BCUT2D eigenvalue weighted by Crippen LogP contribution is -2.26. The van der Waals surface area contributed by atoms with Gasteiger partial charge in [0.2, 0.25) is 0 Å². The van der Waals surface area contributed by atoms with Crippen molar-refractivity contribution >= 4 is 11.6 Å². The normalized spacial score (nSPS) is 15.5.